The van der Waals surface area contributed by atoms with E-state index < -0.39 is 19.1 Å². The average Bonchev–Trinajstić information content (AvgIpc) is 2.49. The minimum absolute atomic E-state index is 0. The zero-order valence-corrected chi connectivity index (χ0v) is 16.5. The predicted molar refractivity (Wildman–Crippen MR) is 103 cm³/mol. The molecule has 5 nitrogen and oxygen atoms in total. The summed E-state index contributed by atoms with van der Waals surface area (Å²) < 4.78 is 30.0. The van der Waals surface area contributed by atoms with Crippen molar-refractivity contribution in [2.45, 2.75) is 39.4 Å². The van der Waals surface area contributed by atoms with Crippen molar-refractivity contribution in [3.05, 3.63) is 29.8 Å². The Bertz CT molecular complexity index is 502. The number of halogens is 3. The first-order valence-corrected chi connectivity index (χ1v) is 7.67. The lowest BCUT2D eigenvalue weighted by atomic mass is 10.1. The van der Waals surface area contributed by atoms with Gasteiger partial charge in [-0.15, -0.1) is 24.0 Å². The summed E-state index contributed by atoms with van der Waals surface area (Å²) in [7, 11) is 0. The van der Waals surface area contributed by atoms with Gasteiger partial charge in [0, 0.05) is 13.1 Å². The number of nitrogens with zero attached hydrogens (tertiary/aromatic N) is 1. The highest BCUT2D eigenvalue weighted by Crippen LogP contribution is 2.19. The molecule has 1 aromatic carbocycles. The quantitative estimate of drug-likeness (QED) is 0.319. The van der Waals surface area contributed by atoms with Gasteiger partial charge in [0.05, 0.1) is 12.2 Å². The molecule has 8 heteroatoms. The first-order valence-electron chi connectivity index (χ1n) is 7.67. The maximum Gasteiger partial charge on any atom is 0.257 e. The smallest absolute Gasteiger partial charge is 0.257 e. The van der Waals surface area contributed by atoms with E-state index in [-0.39, 0.29) is 42.6 Å². The number of hydrogen-bond donors (Lipinski definition) is 3. The molecule has 3 N–H and O–H groups in total. The van der Waals surface area contributed by atoms with E-state index >= 15 is 0 Å². The molecule has 0 amide bonds. The minimum atomic E-state index is -2.50. The van der Waals surface area contributed by atoms with E-state index in [9.17, 15) is 13.9 Å². The van der Waals surface area contributed by atoms with Crippen LogP contribution in [0, 0.1) is 0 Å². The Morgan fingerprint density at radius 3 is 2.58 bits per heavy atom. The topological polar surface area (TPSA) is 65.9 Å². The fourth-order valence-electron chi connectivity index (χ4n) is 1.88. The van der Waals surface area contributed by atoms with Crippen LogP contribution < -0.4 is 15.4 Å². The number of aliphatic hydroxyl groups is 1. The molecule has 0 aromatic heterocycles. The highest BCUT2D eigenvalue weighted by molar-refractivity contribution is 14.0. The second-order valence-corrected chi connectivity index (χ2v) is 5.25. The third-order valence-electron chi connectivity index (χ3n) is 2.81. The van der Waals surface area contributed by atoms with Crippen LogP contribution in [0.25, 0.3) is 0 Å². The Kier molecular flexibility index (Phi) is 11.6. The van der Waals surface area contributed by atoms with Gasteiger partial charge in [-0.25, -0.2) is 13.8 Å². The second kappa shape index (κ2) is 12.2. The number of aliphatic hydroxyl groups excluding tert-OH is 1. The number of benzene rings is 1. The third-order valence-corrected chi connectivity index (χ3v) is 2.81. The fraction of sp³-hybridized carbons (Fsp3) is 0.562. The predicted octanol–water partition coefficient (Wildman–Crippen LogP) is 2.95. The zero-order valence-electron chi connectivity index (χ0n) is 14.1. The summed E-state index contributed by atoms with van der Waals surface area (Å²) in [6.07, 6.45) is -3.26. The molecule has 0 saturated heterocycles. The largest absolute Gasteiger partial charge is 0.491 e. The van der Waals surface area contributed by atoms with E-state index in [0.717, 1.165) is 0 Å². The van der Waals surface area contributed by atoms with Crippen LogP contribution in [-0.2, 0) is 0 Å². The van der Waals surface area contributed by atoms with E-state index in [0.29, 0.717) is 17.9 Å². The average molecular weight is 457 g/mol. The standard InChI is InChI=1S/C16H25F2N3O2.HI/c1-4-19-16(21-10-15(17)18)20-9-14(22)12-6-5-7-13(8-12)23-11(2)3;/h5-8,11,14-15,22H,4,9-10H2,1-3H3,(H2,19,20,21);1H. The van der Waals surface area contributed by atoms with Crippen molar-refractivity contribution >= 4 is 29.9 Å². The SMILES string of the molecule is CCNC(=NCC(F)F)NCC(O)c1cccc(OC(C)C)c1.I. The van der Waals surface area contributed by atoms with Crippen LogP contribution in [0.3, 0.4) is 0 Å². The van der Waals surface area contributed by atoms with E-state index in [1.807, 2.05) is 26.8 Å². The molecule has 0 saturated carbocycles. The molecule has 0 radical (unpaired) electrons. The molecule has 0 spiro atoms. The summed E-state index contributed by atoms with van der Waals surface area (Å²) in [4.78, 5) is 3.74. The number of alkyl halides is 2. The van der Waals surface area contributed by atoms with E-state index in [4.69, 9.17) is 4.74 Å². The molecule has 138 valence electrons. The number of hydrogen-bond acceptors (Lipinski definition) is 3. The van der Waals surface area contributed by atoms with Gasteiger partial charge in [-0.05, 0) is 38.5 Å². The van der Waals surface area contributed by atoms with Gasteiger partial charge in [0.1, 0.15) is 12.3 Å². The summed E-state index contributed by atoms with van der Waals surface area (Å²) in [5.41, 5.74) is 0.681. The Morgan fingerprint density at radius 1 is 1.29 bits per heavy atom. The van der Waals surface area contributed by atoms with Crippen molar-refractivity contribution < 1.29 is 18.6 Å². The second-order valence-electron chi connectivity index (χ2n) is 5.25. The summed E-state index contributed by atoms with van der Waals surface area (Å²) in [6.45, 7) is 5.80. The number of ether oxygens (including phenoxy) is 1. The molecule has 0 aliphatic carbocycles. The third kappa shape index (κ3) is 9.21. The van der Waals surface area contributed by atoms with Gasteiger partial charge in [-0.1, -0.05) is 12.1 Å². The lowest BCUT2D eigenvalue weighted by Gasteiger charge is -2.17. The highest BCUT2D eigenvalue weighted by Gasteiger charge is 2.10. The van der Waals surface area contributed by atoms with Crippen molar-refractivity contribution in [3.8, 4) is 5.75 Å². The monoisotopic (exact) mass is 457 g/mol. The molecule has 24 heavy (non-hydrogen) atoms. The summed E-state index contributed by atoms with van der Waals surface area (Å²) in [6, 6.07) is 7.16. The van der Waals surface area contributed by atoms with Crippen LogP contribution in [0.1, 0.15) is 32.4 Å². The summed E-state index contributed by atoms with van der Waals surface area (Å²) in [5, 5.41) is 15.9. The lowest BCUT2D eigenvalue weighted by Crippen LogP contribution is -2.39. The van der Waals surface area contributed by atoms with Gasteiger partial charge < -0.3 is 20.5 Å². The van der Waals surface area contributed by atoms with Crippen molar-refractivity contribution in [2.24, 2.45) is 4.99 Å². The van der Waals surface area contributed by atoms with Crippen molar-refractivity contribution in [2.75, 3.05) is 19.6 Å². The normalized spacial score (nSPS) is 12.8. The Morgan fingerprint density at radius 2 is 2.00 bits per heavy atom. The summed E-state index contributed by atoms with van der Waals surface area (Å²) in [5.74, 6) is 0.927. The van der Waals surface area contributed by atoms with E-state index in [1.165, 1.54) is 0 Å². The Labute approximate surface area is 158 Å². The molecular weight excluding hydrogens is 431 g/mol. The van der Waals surface area contributed by atoms with Crippen LogP contribution in [0.4, 0.5) is 8.78 Å². The highest BCUT2D eigenvalue weighted by atomic mass is 127. The van der Waals surface area contributed by atoms with Crippen LogP contribution in [0.2, 0.25) is 0 Å². The van der Waals surface area contributed by atoms with Gasteiger partial charge in [0.2, 0.25) is 0 Å². The molecule has 1 aromatic rings. The molecule has 0 fully saturated rings. The molecule has 0 aliphatic heterocycles. The molecule has 1 atom stereocenters. The van der Waals surface area contributed by atoms with Gasteiger partial charge >= 0.3 is 0 Å². The first-order chi connectivity index (χ1) is 10.9. The van der Waals surface area contributed by atoms with Crippen LogP contribution in [0.5, 0.6) is 5.75 Å². The van der Waals surface area contributed by atoms with Crippen LogP contribution >= 0.6 is 24.0 Å². The number of aliphatic imine (C=N–C) groups is 1. The molecular formula is C16H26F2IN3O2. The van der Waals surface area contributed by atoms with Crippen LogP contribution in [0.15, 0.2) is 29.3 Å². The molecule has 0 aliphatic rings. The van der Waals surface area contributed by atoms with Gasteiger partial charge in [-0.2, -0.15) is 0 Å². The van der Waals surface area contributed by atoms with Gasteiger partial charge in [-0.3, -0.25) is 0 Å². The molecule has 0 bridgehead atoms. The first kappa shape index (κ1) is 22.8. The van der Waals surface area contributed by atoms with Crippen LogP contribution in [-0.4, -0.2) is 43.2 Å². The maximum absolute atomic E-state index is 12.2. The Hall–Kier alpha value is -1.16. The maximum atomic E-state index is 12.2. The number of rotatable bonds is 8. The van der Waals surface area contributed by atoms with Crippen molar-refractivity contribution in [3.63, 3.8) is 0 Å². The zero-order chi connectivity index (χ0) is 17.2. The van der Waals surface area contributed by atoms with E-state index in [1.54, 1.807) is 18.2 Å². The molecule has 0 heterocycles. The van der Waals surface area contributed by atoms with Gasteiger partial charge in [0.25, 0.3) is 6.43 Å². The van der Waals surface area contributed by atoms with Gasteiger partial charge in [0.15, 0.2) is 5.96 Å². The fourth-order valence-corrected chi connectivity index (χ4v) is 1.88. The number of guanidine groups is 1. The Balaban J connectivity index is 0.00000529. The lowest BCUT2D eigenvalue weighted by molar-refractivity contribution is 0.158. The van der Waals surface area contributed by atoms with Crippen molar-refractivity contribution in [1.29, 1.82) is 0 Å². The molecule has 1 rings (SSSR count). The summed E-state index contributed by atoms with van der Waals surface area (Å²) >= 11 is 0. The van der Waals surface area contributed by atoms with E-state index in [2.05, 4.69) is 15.6 Å². The molecule has 1 unspecified atom stereocenters. The number of nitrogens with one attached hydrogen (secondary N) is 2. The van der Waals surface area contributed by atoms with Crippen molar-refractivity contribution in [1.82, 2.24) is 10.6 Å². The minimum Gasteiger partial charge on any atom is -0.491 e.